The molecule has 0 spiro atoms. The van der Waals surface area contributed by atoms with Crippen LogP contribution in [0.5, 0.6) is 11.5 Å². The zero-order chi connectivity index (χ0) is 19.4. The lowest BCUT2D eigenvalue weighted by Gasteiger charge is -2.12. The van der Waals surface area contributed by atoms with Crippen LogP contribution in [-0.2, 0) is 0 Å². The van der Waals surface area contributed by atoms with Gasteiger partial charge in [-0.3, -0.25) is 0 Å². The van der Waals surface area contributed by atoms with Crippen LogP contribution in [0.15, 0.2) is 42.5 Å². The lowest BCUT2D eigenvalue weighted by Crippen LogP contribution is -2.02. The van der Waals surface area contributed by atoms with Crippen molar-refractivity contribution in [3.05, 3.63) is 58.7 Å². The Balaban J connectivity index is 1.84. The normalized spacial score (nSPS) is 10.4. The summed E-state index contributed by atoms with van der Waals surface area (Å²) >= 11 is 6.19. The van der Waals surface area contributed by atoms with E-state index in [9.17, 15) is 0 Å². The largest absolute Gasteiger partial charge is 0.493 e. The molecule has 0 saturated heterocycles. The highest BCUT2D eigenvalue weighted by molar-refractivity contribution is 6.31. The molecule has 140 valence electrons. The van der Waals surface area contributed by atoms with Crippen molar-refractivity contribution in [2.45, 2.75) is 13.8 Å². The molecule has 1 aromatic heterocycles. The second kappa shape index (κ2) is 8.14. The third-order valence-corrected chi connectivity index (χ3v) is 4.35. The quantitative estimate of drug-likeness (QED) is 0.604. The van der Waals surface area contributed by atoms with Gasteiger partial charge in [0, 0.05) is 34.2 Å². The molecule has 7 heteroatoms. The molecule has 0 atom stereocenters. The minimum absolute atomic E-state index is 0.484. The summed E-state index contributed by atoms with van der Waals surface area (Å²) in [5.74, 6) is 2.45. The van der Waals surface area contributed by atoms with E-state index in [1.165, 1.54) is 0 Å². The highest BCUT2D eigenvalue weighted by Crippen LogP contribution is 2.31. The number of benzene rings is 2. The minimum atomic E-state index is 0.484. The summed E-state index contributed by atoms with van der Waals surface area (Å²) in [4.78, 5) is 8.96. The Morgan fingerprint density at radius 1 is 0.815 bits per heavy atom. The average Bonchev–Trinajstić information content (AvgIpc) is 2.64. The summed E-state index contributed by atoms with van der Waals surface area (Å²) in [7, 11) is 3.21. The van der Waals surface area contributed by atoms with Gasteiger partial charge in [0.2, 0.25) is 5.95 Å². The fourth-order valence-corrected chi connectivity index (χ4v) is 2.73. The molecule has 0 bridgehead atoms. The highest BCUT2D eigenvalue weighted by Gasteiger charge is 2.08. The van der Waals surface area contributed by atoms with Crippen molar-refractivity contribution < 1.29 is 9.47 Å². The van der Waals surface area contributed by atoms with Gasteiger partial charge in [-0.2, -0.15) is 4.98 Å². The molecule has 0 amide bonds. The lowest BCUT2D eigenvalue weighted by atomic mass is 10.2. The van der Waals surface area contributed by atoms with Gasteiger partial charge in [-0.25, -0.2) is 4.98 Å². The monoisotopic (exact) mass is 384 g/mol. The van der Waals surface area contributed by atoms with Gasteiger partial charge in [-0.1, -0.05) is 17.7 Å². The van der Waals surface area contributed by atoms with Gasteiger partial charge in [0.25, 0.3) is 0 Å². The molecule has 1 heterocycles. The third-order valence-electron chi connectivity index (χ3n) is 3.94. The van der Waals surface area contributed by atoms with Gasteiger partial charge < -0.3 is 20.1 Å². The van der Waals surface area contributed by atoms with E-state index in [-0.39, 0.29) is 0 Å². The number of halogens is 1. The zero-order valence-corrected chi connectivity index (χ0v) is 16.4. The SMILES string of the molecule is COc1ccc(Nc2cc(C)nc(Nc3ccc(C)c(Cl)c3)n2)cc1OC. The number of aromatic nitrogens is 2. The lowest BCUT2D eigenvalue weighted by molar-refractivity contribution is 0.355. The third kappa shape index (κ3) is 4.60. The van der Waals surface area contributed by atoms with Gasteiger partial charge in [-0.05, 0) is 43.7 Å². The van der Waals surface area contributed by atoms with Gasteiger partial charge >= 0.3 is 0 Å². The van der Waals surface area contributed by atoms with Crippen molar-refractivity contribution in [2.24, 2.45) is 0 Å². The predicted molar refractivity (Wildman–Crippen MR) is 109 cm³/mol. The van der Waals surface area contributed by atoms with Crippen LogP contribution >= 0.6 is 11.6 Å². The Hall–Kier alpha value is -2.99. The van der Waals surface area contributed by atoms with Crippen LogP contribution in [0.25, 0.3) is 0 Å². The fourth-order valence-electron chi connectivity index (χ4n) is 2.55. The van der Waals surface area contributed by atoms with E-state index >= 15 is 0 Å². The van der Waals surface area contributed by atoms with Gasteiger partial charge in [0.1, 0.15) is 5.82 Å². The molecule has 0 radical (unpaired) electrons. The molecule has 27 heavy (non-hydrogen) atoms. The Kier molecular flexibility index (Phi) is 5.66. The molecule has 2 N–H and O–H groups in total. The molecular weight excluding hydrogens is 364 g/mol. The van der Waals surface area contributed by atoms with Crippen LogP contribution in [0.4, 0.5) is 23.1 Å². The molecule has 0 saturated carbocycles. The predicted octanol–water partition coefficient (Wildman–Crippen LogP) is 5.25. The number of nitrogens with zero attached hydrogens (tertiary/aromatic N) is 2. The standard InChI is InChI=1S/C20H21ClN4O2/c1-12-5-6-14(10-16(12)21)24-20-22-13(2)9-19(25-20)23-15-7-8-17(26-3)18(11-15)27-4/h5-11H,1-4H3,(H2,22,23,24,25). The molecule has 0 aliphatic heterocycles. The first kappa shape index (κ1) is 18.8. The highest BCUT2D eigenvalue weighted by atomic mass is 35.5. The van der Waals surface area contributed by atoms with Crippen molar-refractivity contribution in [3.8, 4) is 11.5 Å². The molecule has 0 fully saturated rings. The zero-order valence-electron chi connectivity index (χ0n) is 15.6. The summed E-state index contributed by atoms with van der Waals surface area (Å²) in [5.41, 5.74) is 3.50. The van der Waals surface area contributed by atoms with Crippen molar-refractivity contribution in [2.75, 3.05) is 24.9 Å². The Bertz CT molecular complexity index is 963. The number of methoxy groups -OCH3 is 2. The van der Waals surface area contributed by atoms with E-state index in [1.807, 2.05) is 56.3 Å². The molecule has 0 aliphatic rings. The number of ether oxygens (including phenoxy) is 2. The van der Waals surface area contributed by atoms with Crippen LogP contribution in [-0.4, -0.2) is 24.2 Å². The molecule has 6 nitrogen and oxygen atoms in total. The van der Waals surface area contributed by atoms with Crippen molar-refractivity contribution in [3.63, 3.8) is 0 Å². The number of hydrogen-bond donors (Lipinski definition) is 2. The number of hydrogen-bond acceptors (Lipinski definition) is 6. The van der Waals surface area contributed by atoms with Crippen molar-refractivity contribution in [1.82, 2.24) is 9.97 Å². The van der Waals surface area contributed by atoms with Crippen LogP contribution in [0, 0.1) is 13.8 Å². The van der Waals surface area contributed by atoms with Crippen LogP contribution < -0.4 is 20.1 Å². The number of aryl methyl sites for hydroxylation is 2. The molecule has 3 rings (SSSR count). The maximum absolute atomic E-state index is 6.19. The van der Waals surface area contributed by atoms with Crippen LogP contribution in [0.2, 0.25) is 5.02 Å². The summed E-state index contributed by atoms with van der Waals surface area (Å²) < 4.78 is 10.6. The van der Waals surface area contributed by atoms with Crippen molar-refractivity contribution in [1.29, 1.82) is 0 Å². The fraction of sp³-hybridized carbons (Fsp3) is 0.200. The van der Waals surface area contributed by atoms with E-state index in [1.54, 1.807) is 14.2 Å². The van der Waals surface area contributed by atoms with E-state index in [4.69, 9.17) is 21.1 Å². The average molecular weight is 385 g/mol. The molecule has 2 aromatic carbocycles. The number of nitrogens with one attached hydrogen (secondary N) is 2. The van der Waals surface area contributed by atoms with Gasteiger partial charge in [-0.15, -0.1) is 0 Å². The molecule has 0 aliphatic carbocycles. The number of anilines is 4. The first-order chi connectivity index (χ1) is 13.0. The minimum Gasteiger partial charge on any atom is -0.493 e. The summed E-state index contributed by atoms with van der Waals surface area (Å²) in [6.07, 6.45) is 0. The Labute approximate surface area is 163 Å². The smallest absolute Gasteiger partial charge is 0.229 e. The van der Waals surface area contributed by atoms with Gasteiger partial charge in [0.15, 0.2) is 11.5 Å². The maximum atomic E-state index is 6.19. The van der Waals surface area contributed by atoms with Gasteiger partial charge in [0.05, 0.1) is 14.2 Å². The summed E-state index contributed by atoms with van der Waals surface area (Å²) in [6, 6.07) is 13.2. The molecular formula is C20H21ClN4O2. The second-order valence-corrected chi connectivity index (χ2v) is 6.41. The van der Waals surface area contributed by atoms with E-state index in [0.717, 1.165) is 22.6 Å². The van der Waals surface area contributed by atoms with Crippen LogP contribution in [0.3, 0.4) is 0 Å². The Morgan fingerprint density at radius 2 is 1.52 bits per heavy atom. The van der Waals surface area contributed by atoms with E-state index < -0.39 is 0 Å². The molecule has 0 unspecified atom stereocenters. The summed E-state index contributed by atoms with van der Waals surface area (Å²) in [5, 5.41) is 7.14. The van der Waals surface area contributed by atoms with E-state index in [2.05, 4.69) is 20.6 Å². The maximum Gasteiger partial charge on any atom is 0.229 e. The number of rotatable bonds is 6. The first-order valence-electron chi connectivity index (χ1n) is 8.36. The Morgan fingerprint density at radius 3 is 2.22 bits per heavy atom. The summed E-state index contributed by atoms with van der Waals surface area (Å²) in [6.45, 7) is 3.87. The van der Waals surface area contributed by atoms with Crippen molar-refractivity contribution >= 4 is 34.7 Å². The van der Waals surface area contributed by atoms with Crippen LogP contribution in [0.1, 0.15) is 11.3 Å². The van der Waals surface area contributed by atoms with E-state index in [0.29, 0.717) is 28.3 Å². The first-order valence-corrected chi connectivity index (χ1v) is 8.74. The second-order valence-electron chi connectivity index (χ2n) is 6.00. The molecule has 3 aromatic rings. The topological polar surface area (TPSA) is 68.3 Å².